The summed E-state index contributed by atoms with van der Waals surface area (Å²) in [5.41, 5.74) is 9.75. The average Bonchev–Trinajstić information content (AvgIpc) is 2.54. The second-order valence-corrected chi connectivity index (χ2v) is 5.83. The van der Waals surface area contributed by atoms with Crippen molar-refractivity contribution in [2.24, 2.45) is 0 Å². The summed E-state index contributed by atoms with van der Waals surface area (Å²) in [6.07, 6.45) is 0. The molecule has 0 saturated heterocycles. The van der Waals surface area contributed by atoms with E-state index in [4.69, 9.17) is 0 Å². The molecule has 2 aliphatic heterocycles. The lowest BCUT2D eigenvalue weighted by Gasteiger charge is -2.33. The van der Waals surface area contributed by atoms with Crippen molar-refractivity contribution in [3.63, 3.8) is 0 Å². The predicted molar refractivity (Wildman–Crippen MR) is 94.0 cm³/mol. The third-order valence-electron chi connectivity index (χ3n) is 4.70. The first-order chi connectivity index (χ1) is 10.4. The molecule has 0 amide bonds. The highest BCUT2D eigenvalue weighted by molar-refractivity contribution is 7.09. The molecule has 5 rings (SSSR count). The second kappa shape index (κ2) is 4.18. The Hall–Kier alpha value is -2.15. The van der Waals surface area contributed by atoms with Crippen LogP contribution in [0.4, 0.5) is 0 Å². The van der Waals surface area contributed by atoms with Gasteiger partial charge in [-0.3, -0.25) is 0 Å². The van der Waals surface area contributed by atoms with E-state index in [1.54, 1.807) is 0 Å². The fraction of sp³-hybridized carbons (Fsp3) is 0. The van der Waals surface area contributed by atoms with Gasteiger partial charge in [-0.05, 0) is 0 Å². The molecule has 2 heterocycles. The minimum atomic E-state index is 0.374. The van der Waals surface area contributed by atoms with Crippen LogP contribution >= 0.6 is 0 Å². The second-order valence-electron chi connectivity index (χ2n) is 5.83. The Bertz CT molecular complexity index is 802. The Morgan fingerprint density at radius 1 is 0.524 bits per heavy atom. The Morgan fingerprint density at radius 2 is 1.00 bits per heavy atom. The number of hydrogen-bond donors (Lipinski definition) is 0. The van der Waals surface area contributed by atoms with E-state index in [-0.39, 0.29) is 0 Å². The van der Waals surface area contributed by atoms with E-state index in [1.165, 1.54) is 38.2 Å². The molecule has 3 aromatic rings. The third kappa shape index (κ3) is 1.55. The molecule has 0 nitrogen and oxygen atoms in total. The van der Waals surface area contributed by atoms with Gasteiger partial charge >= 0.3 is 0 Å². The van der Waals surface area contributed by atoms with Crippen molar-refractivity contribution >= 4 is 59.5 Å². The van der Waals surface area contributed by atoms with Crippen molar-refractivity contribution in [1.29, 1.82) is 0 Å². The van der Waals surface area contributed by atoms with Crippen molar-refractivity contribution in [2.45, 2.75) is 0 Å². The van der Waals surface area contributed by atoms with Crippen LogP contribution in [-0.4, -0.2) is 21.3 Å². The SMILES string of the molecule is [B]1c2ccccc2B2c3ccccc3[B]c3cccc1c32. The molecule has 0 fully saturated rings. The van der Waals surface area contributed by atoms with Crippen LogP contribution in [0, 0.1) is 0 Å². The van der Waals surface area contributed by atoms with Crippen LogP contribution in [0.1, 0.15) is 0 Å². The normalized spacial score (nSPS) is 13.4. The molecule has 2 radical (unpaired) electrons. The smallest absolute Gasteiger partial charge is 0.0865 e. The van der Waals surface area contributed by atoms with Crippen LogP contribution in [0.2, 0.25) is 0 Å². The lowest BCUT2D eigenvalue weighted by atomic mass is 9.22. The maximum absolute atomic E-state index is 2.33. The molecule has 92 valence electrons. The molecule has 0 saturated carbocycles. The summed E-state index contributed by atoms with van der Waals surface area (Å²) in [6, 6.07) is 24.2. The van der Waals surface area contributed by atoms with Crippen molar-refractivity contribution in [3.05, 3.63) is 66.7 Å². The average molecular weight is 260 g/mol. The van der Waals surface area contributed by atoms with E-state index in [2.05, 4.69) is 81.3 Å². The minimum Gasteiger partial charge on any atom is -0.0865 e. The first kappa shape index (κ1) is 11.5. The van der Waals surface area contributed by atoms with Crippen molar-refractivity contribution in [3.8, 4) is 0 Å². The van der Waals surface area contributed by atoms with Gasteiger partial charge in [0.1, 0.15) is 0 Å². The van der Waals surface area contributed by atoms with Gasteiger partial charge in [-0.15, -0.1) is 0 Å². The van der Waals surface area contributed by atoms with Gasteiger partial charge in [0.2, 0.25) is 6.71 Å². The van der Waals surface area contributed by atoms with Crippen LogP contribution in [0.25, 0.3) is 0 Å². The van der Waals surface area contributed by atoms with E-state index in [0.29, 0.717) is 6.71 Å². The zero-order valence-corrected chi connectivity index (χ0v) is 11.6. The van der Waals surface area contributed by atoms with Crippen LogP contribution in [-0.2, 0) is 0 Å². The first-order valence-corrected chi connectivity index (χ1v) is 7.42. The lowest BCUT2D eigenvalue weighted by molar-refractivity contribution is 1.75. The standard InChI is InChI=1S/C18H11B3/c1-3-10-16-12(6-1)19-14-8-5-9-15-18(14)21(16)17-11-4-2-7-13(17)20-15/h1-11H. The summed E-state index contributed by atoms with van der Waals surface area (Å²) in [5.74, 6) is 0. The van der Waals surface area contributed by atoms with E-state index in [0.717, 1.165) is 0 Å². The number of benzene rings is 3. The highest BCUT2D eigenvalue weighted by Crippen LogP contribution is 1.98. The summed E-state index contributed by atoms with van der Waals surface area (Å²) >= 11 is 0. The largest absolute Gasteiger partial charge is 0.238 e. The minimum absolute atomic E-state index is 0.374. The predicted octanol–water partition coefficient (Wildman–Crippen LogP) is -1.86. The number of fused-ring (bicyclic) bond motifs is 4. The zero-order valence-electron chi connectivity index (χ0n) is 11.6. The third-order valence-corrected chi connectivity index (χ3v) is 4.70. The van der Waals surface area contributed by atoms with Crippen LogP contribution < -0.4 is 38.2 Å². The molecule has 0 spiro atoms. The molecule has 3 heteroatoms. The molecule has 0 aromatic heterocycles. The molecule has 3 aromatic carbocycles. The maximum Gasteiger partial charge on any atom is 0.238 e. The Labute approximate surface area is 126 Å². The fourth-order valence-electron chi connectivity index (χ4n) is 3.81. The number of rotatable bonds is 0. The quantitative estimate of drug-likeness (QED) is 0.286. The van der Waals surface area contributed by atoms with Gasteiger partial charge in [0.25, 0.3) is 0 Å². The van der Waals surface area contributed by atoms with Crippen LogP contribution in [0.15, 0.2) is 66.7 Å². The zero-order chi connectivity index (χ0) is 13.8. The van der Waals surface area contributed by atoms with Crippen LogP contribution in [0.5, 0.6) is 0 Å². The summed E-state index contributed by atoms with van der Waals surface area (Å²) in [4.78, 5) is 0. The van der Waals surface area contributed by atoms with Gasteiger partial charge in [-0.2, -0.15) is 0 Å². The molecule has 2 aliphatic rings. The molecule has 0 unspecified atom stereocenters. The van der Waals surface area contributed by atoms with Crippen LogP contribution in [0.3, 0.4) is 0 Å². The maximum atomic E-state index is 2.33. The Morgan fingerprint density at radius 3 is 1.57 bits per heavy atom. The first-order valence-electron chi connectivity index (χ1n) is 7.42. The fourth-order valence-corrected chi connectivity index (χ4v) is 3.81. The van der Waals surface area contributed by atoms with E-state index < -0.39 is 0 Å². The Balaban J connectivity index is 1.88. The van der Waals surface area contributed by atoms with E-state index >= 15 is 0 Å². The van der Waals surface area contributed by atoms with Gasteiger partial charge in [0, 0.05) is 0 Å². The highest BCUT2D eigenvalue weighted by atomic mass is 14.1. The van der Waals surface area contributed by atoms with Gasteiger partial charge in [-0.1, -0.05) is 105 Å². The summed E-state index contributed by atoms with van der Waals surface area (Å²) in [5, 5.41) is 0. The van der Waals surface area contributed by atoms with Gasteiger partial charge in [-0.25, -0.2) is 0 Å². The summed E-state index contributed by atoms with van der Waals surface area (Å²) < 4.78 is 0. The molecular formula is C18H11B3. The lowest BCUT2D eigenvalue weighted by Crippen LogP contribution is -2.77. The molecule has 0 atom stereocenters. The van der Waals surface area contributed by atoms with E-state index in [9.17, 15) is 0 Å². The number of hydrogen-bond acceptors (Lipinski definition) is 0. The summed E-state index contributed by atoms with van der Waals surface area (Å²) in [6.45, 7) is 0.374. The van der Waals surface area contributed by atoms with E-state index in [1.807, 2.05) is 0 Å². The van der Waals surface area contributed by atoms with Crippen molar-refractivity contribution in [1.82, 2.24) is 0 Å². The highest BCUT2D eigenvalue weighted by Gasteiger charge is 2.36. The molecule has 0 N–H and O–H groups in total. The monoisotopic (exact) mass is 260 g/mol. The molecule has 0 bridgehead atoms. The van der Waals surface area contributed by atoms with Crippen molar-refractivity contribution in [2.75, 3.05) is 0 Å². The Kier molecular flexibility index (Phi) is 2.29. The molecule has 0 aliphatic carbocycles. The van der Waals surface area contributed by atoms with Gasteiger partial charge in [0.15, 0.2) is 14.6 Å². The molecule has 21 heavy (non-hydrogen) atoms. The van der Waals surface area contributed by atoms with Crippen molar-refractivity contribution < 1.29 is 0 Å². The molecular weight excluding hydrogens is 249 g/mol. The van der Waals surface area contributed by atoms with Gasteiger partial charge < -0.3 is 0 Å². The van der Waals surface area contributed by atoms with Gasteiger partial charge in [0.05, 0.1) is 0 Å². The topological polar surface area (TPSA) is 0 Å². The summed E-state index contributed by atoms with van der Waals surface area (Å²) in [7, 11) is 4.65.